The summed E-state index contributed by atoms with van der Waals surface area (Å²) in [6, 6.07) is 7.92. The van der Waals surface area contributed by atoms with Gasteiger partial charge in [0.05, 0.1) is 31.6 Å². The van der Waals surface area contributed by atoms with E-state index in [1.807, 2.05) is 30.5 Å². The Morgan fingerprint density at radius 1 is 1.35 bits per heavy atom. The molecular formula is C15H21N3O2. The molecule has 2 aromatic rings. The van der Waals surface area contributed by atoms with Crippen molar-refractivity contribution < 1.29 is 9.84 Å². The van der Waals surface area contributed by atoms with Crippen molar-refractivity contribution in [3.8, 4) is 5.75 Å². The number of benzene rings is 1. The third-order valence-electron chi connectivity index (χ3n) is 2.85. The Bertz CT molecular complexity index is 525. The number of anilines is 1. The van der Waals surface area contributed by atoms with Crippen LogP contribution in [0.1, 0.15) is 18.9 Å². The molecule has 0 aliphatic carbocycles. The predicted molar refractivity (Wildman–Crippen MR) is 78.9 cm³/mol. The summed E-state index contributed by atoms with van der Waals surface area (Å²) in [5.74, 6) is 0.872. The second kappa shape index (κ2) is 7.55. The van der Waals surface area contributed by atoms with Crippen LogP contribution in [-0.4, -0.2) is 28.1 Å². The van der Waals surface area contributed by atoms with Crippen LogP contribution >= 0.6 is 0 Å². The maximum absolute atomic E-state index is 8.86. The van der Waals surface area contributed by atoms with Crippen molar-refractivity contribution >= 4 is 5.69 Å². The van der Waals surface area contributed by atoms with E-state index in [0.717, 1.165) is 23.4 Å². The van der Waals surface area contributed by atoms with Crippen LogP contribution in [0.4, 0.5) is 5.69 Å². The highest BCUT2D eigenvalue weighted by Crippen LogP contribution is 2.24. The number of rotatable bonds is 8. The monoisotopic (exact) mass is 275 g/mol. The van der Waals surface area contributed by atoms with Gasteiger partial charge in [-0.05, 0) is 18.6 Å². The number of aromatic nitrogens is 2. The molecule has 0 radical (unpaired) electrons. The summed E-state index contributed by atoms with van der Waals surface area (Å²) in [5, 5.41) is 16.4. The van der Waals surface area contributed by atoms with Gasteiger partial charge in [-0.3, -0.25) is 4.68 Å². The average molecular weight is 275 g/mol. The maximum Gasteiger partial charge on any atom is 0.142 e. The van der Waals surface area contributed by atoms with Crippen LogP contribution in [0.3, 0.4) is 0 Å². The van der Waals surface area contributed by atoms with Gasteiger partial charge in [0.15, 0.2) is 0 Å². The van der Waals surface area contributed by atoms with Crippen LogP contribution in [0.2, 0.25) is 0 Å². The molecule has 1 heterocycles. The minimum absolute atomic E-state index is 0.0994. The molecular weight excluding hydrogens is 254 g/mol. The number of nitrogens with zero attached hydrogens (tertiary/aromatic N) is 2. The van der Waals surface area contributed by atoms with Crippen LogP contribution in [0, 0.1) is 0 Å². The fourth-order valence-corrected chi connectivity index (χ4v) is 1.87. The van der Waals surface area contributed by atoms with Crippen LogP contribution in [-0.2, 0) is 13.1 Å². The fraction of sp³-hybridized carbons (Fsp3) is 0.400. The third-order valence-corrected chi connectivity index (χ3v) is 2.85. The number of aliphatic hydroxyl groups excluding tert-OH is 1. The lowest BCUT2D eigenvalue weighted by Gasteiger charge is -2.12. The Morgan fingerprint density at radius 3 is 3.00 bits per heavy atom. The number of hydrogen-bond acceptors (Lipinski definition) is 4. The zero-order valence-corrected chi connectivity index (χ0v) is 11.7. The lowest BCUT2D eigenvalue weighted by atomic mass is 10.2. The van der Waals surface area contributed by atoms with Crippen molar-refractivity contribution in [1.29, 1.82) is 0 Å². The van der Waals surface area contributed by atoms with E-state index in [2.05, 4.69) is 17.3 Å². The van der Waals surface area contributed by atoms with E-state index in [0.29, 0.717) is 19.7 Å². The molecule has 5 heteroatoms. The Morgan fingerprint density at radius 2 is 2.20 bits per heavy atom. The normalized spacial score (nSPS) is 10.5. The van der Waals surface area contributed by atoms with E-state index in [1.165, 1.54) is 0 Å². The lowest BCUT2D eigenvalue weighted by Crippen LogP contribution is -2.03. The maximum atomic E-state index is 8.86. The van der Waals surface area contributed by atoms with Gasteiger partial charge in [-0.2, -0.15) is 5.10 Å². The molecule has 0 saturated carbocycles. The first-order chi connectivity index (χ1) is 9.83. The zero-order chi connectivity index (χ0) is 14.2. The number of aliphatic hydroxyl groups is 1. The number of ether oxygens (including phenoxy) is 1. The second-order valence-electron chi connectivity index (χ2n) is 4.53. The smallest absolute Gasteiger partial charge is 0.142 e. The molecule has 1 aromatic carbocycles. The molecule has 1 aromatic heterocycles. The van der Waals surface area contributed by atoms with E-state index in [4.69, 9.17) is 9.84 Å². The van der Waals surface area contributed by atoms with Crippen molar-refractivity contribution in [2.75, 3.05) is 18.5 Å². The minimum atomic E-state index is 0.0994. The van der Waals surface area contributed by atoms with Gasteiger partial charge >= 0.3 is 0 Å². The minimum Gasteiger partial charge on any atom is -0.491 e. The van der Waals surface area contributed by atoms with Gasteiger partial charge < -0.3 is 15.2 Å². The molecule has 0 bridgehead atoms. The molecule has 0 unspecified atom stereocenters. The lowest BCUT2D eigenvalue weighted by molar-refractivity contribution is 0.269. The third kappa shape index (κ3) is 3.99. The van der Waals surface area contributed by atoms with Crippen molar-refractivity contribution in [2.45, 2.75) is 26.4 Å². The quantitative estimate of drug-likeness (QED) is 0.776. The topological polar surface area (TPSA) is 59.3 Å². The summed E-state index contributed by atoms with van der Waals surface area (Å²) in [6.45, 7) is 4.11. The van der Waals surface area contributed by atoms with Gasteiger partial charge in [0, 0.05) is 18.3 Å². The Labute approximate surface area is 119 Å². The van der Waals surface area contributed by atoms with Gasteiger partial charge in [0.25, 0.3) is 0 Å². The first kappa shape index (κ1) is 14.4. The molecule has 20 heavy (non-hydrogen) atoms. The molecule has 0 aliphatic heterocycles. The van der Waals surface area contributed by atoms with Gasteiger partial charge in [0.2, 0.25) is 0 Å². The summed E-state index contributed by atoms with van der Waals surface area (Å²) in [6.07, 6.45) is 4.72. The molecule has 0 amide bonds. The molecule has 108 valence electrons. The van der Waals surface area contributed by atoms with Gasteiger partial charge in [0.1, 0.15) is 5.75 Å². The van der Waals surface area contributed by atoms with Gasteiger partial charge in [-0.1, -0.05) is 19.1 Å². The SMILES string of the molecule is CCCOc1ccccc1NCc1cnn(CCO)c1. The molecule has 0 atom stereocenters. The molecule has 0 aliphatic rings. The zero-order valence-electron chi connectivity index (χ0n) is 11.7. The highest BCUT2D eigenvalue weighted by molar-refractivity contribution is 5.56. The van der Waals surface area contributed by atoms with Crippen LogP contribution in [0.5, 0.6) is 5.75 Å². The first-order valence-corrected chi connectivity index (χ1v) is 6.91. The van der Waals surface area contributed by atoms with Crippen molar-refractivity contribution in [3.63, 3.8) is 0 Å². The van der Waals surface area contributed by atoms with E-state index >= 15 is 0 Å². The second-order valence-corrected chi connectivity index (χ2v) is 4.53. The van der Waals surface area contributed by atoms with Gasteiger partial charge in [-0.15, -0.1) is 0 Å². The first-order valence-electron chi connectivity index (χ1n) is 6.91. The summed E-state index contributed by atoms with van der Waals surface area (Å²) in [4.78, 5) is 0. The van der Waals surface area contributed by atoms with E-state index in [1.54, 1.807) is 10.9 Å². The van der Waals surface area contributed by atoms with Crippen molar-refractivity contribution in [2.24, 2.45) is 0 Å². The summed E-state index contributed by atoms with van der Waals surface area (Å²) >= 11 is 0. The molecule has 5 nitrogen and oxygen atoms in total. The Kier molecular flexibility index (Phi) is 5.43. The Hall–Kier alpha value is -2.01. The summed E-state index contributed by atoms with van der Waals surface area (Å²) in [5.41, 5.74) is 2.06. The van der Waals surface area contributed by atoms with Crippen molar-refractivity contribution in [3.05, 3.63) is 42.2 Å². The van der Waals surface area contributed by atoms with Gasteiger partial charge in [-0.25, -0.2) is 0 Å². The fourth-order valence-electron chi connectivity index (χ4n) is 1.87. The van der Waals surface area contributed by atoms with E-state index < -0.39 is 0 Å². The molecule has 0 fully saturated rings. The van der Waals surface area contributed by atoms with Crippen LogP contribution < -0.4 is 10.1 Å². The molecule has 0 spiro atoms. The molecule has 0 saturated heterocycles. The largest absolute Gasteiger partial charge is 0.491 e. The van der Waals surface area contributed by atoms with Crippen molar-refractivity contribution in [1.82, 2.24) is 9.78 Å². The number of para-hydroxylation sites is 2. The standard InChI is InChI=1S/C15H21N3O2/c1-2-9-20-15-6-4-3-5-14(15)16-10-13-11-17-18(12-13)7-8-19/h3-6,11-12,16,19H,2,7-10H2,1H3. The Balaban J connectivity index is 1.95. The van der Waals surface area contributed by atoms with E-state index in [-0.39, 0.29) is 6.61 Å². The summed E-state index contributed by atoms with van der Waals surface area (Å²) < 4.78 is 7.43. The molecule has 2 N–H and O–H groups in total. The molecule has 2 rings (SSSR count). The summed E-state index contributed by atoms with van der Waals surface area (Å²) in [7, 11) is 0. The highest BCUT2D eigenvalue weighted by Gasteiger charge is 2.03. The predicted octanol–water partition coefficient (Wildman–Crippen LogP) is 2.28. The average Bonchev–Trinajstić information content (AvgIpc) is 2.92. The number of nitrogens with one attached hydrogen (secondary N) is 1. The van der Waals surface area contributed by atoms with Crippen LogP contribution in [0.15, 0.2) is 36.7 Å². The van der Waals surface area contributed by atoms with Crippen LogP contribution in [0.25, 0.3) is 0 Å². The highest BCUT2D eigenvalue weighted by atomic mass is 16.5. The number of hydrogen-bond donors (Lipinski definition) is 2. The van der Waals surface area contributed by atoms with E-state index in [9.17, 15) is 0 Å².